The summed E-state index contributed by atoms with van der Waals surface area (Å²) in [6.45, 7) is 4.66. The van der Waals surface area contributed by atoms with Gasteiger partial charge in [0.2, 0.25) is 0 Å². The first-order valence-electron chi connectivity index (χ1n) is 10.6. The Hall–Kier alpha value is -3.38. The number of carbonyl (C=O) groups excluding carboxylic acids is 2. The van der Waals surface area contributed by atoms with Crippen molar-refractivity contribution in [2.75, 3.05) is 36.4 Å². The maximum atomic E-state index is 12.9. The Balaban J connectivity index is 1.38. The molecule has 0 radical (unpaired) electrons. The van der Waals surface area contributed by atoms with E-state index in [9.17, 15) is 9.59 Å². The average molecular weight is 449 g/mol. The van der Waals surface area contributed by atoms with Crippen LogP contribution in [-0.2, 0) is 0 Å². The molecule has 0 bridgehead atoms. The molecule has 1 N–H and O–H groups in total. The number of hydrogen-bond acceptors (Lipinski definition) is 4. The molecule has 2 aromatic carbocycles. The van der Waals surface area contributed by atoms with Crippen LogP contribution in [0.3, 0.4) is 0 Å². The van der Waals surface area contributed by atoms with Crippen LogP contribution in [0.15, 0.2) is 66.9 Å². The highest BCUT2D eigenvalue weighted by Crippen LogP contribution is 2.21. The highest BCUT2D eigenvalue weighted by Gasteiger charge is 2.22. The van der Waals surface area contributed by atoms with Crippen molar-refractivity contribution in [2.45, 2.75) is 13.3 Å². The molecule has 2 amide bonds. The van der Waals surface area contributed by atoms with Crippen LogP contribution >= 0.6 is 11.6 Å². The summed E-state index contributed by atoms with van der Waals surface area (Å²) in [4.78, 5) is 33.9. The molecule has 1 fully saturated rings. The summed E-state index contributed by atoms with van der Waals surface area (Å²) in [5.41, 5.74) is 2.75. The summed E-state index contributed by atoms with van der Waals surface area (Å²) in [5, 5.41) is 3.38. The van der Waals surface area contributed by atoms with Crippen molar-refractivity contribution in [3.63, 3.8) is 0 Å². The van der Waals surface area contributed by atoms with Crippen LogP contribution in [0.25, 0.3) is 0 Å². The standard InChI is InChI=1S/C25H25ClN4O2/c1-18-7-2-3-8-20(18)24(31)28-19-11-12-23(27-17-19)29-13-6-14-30(16-15-29)25(32)21-9-4-5-10-22(21)26/h2-5,7-12,17H,6,13-16H2,1H3,(H,28,31). The maximum absolute atomic E-state index is 12.9. The Labute approximate surface area is 192 Å². The molecule has 4 rings (SSSR count). The Morgan fingerprint density at radius 3 is 2.38 bits per heavy atom. The predicted octanol–water partition coefficient (Wildman–Crippen LogP) is 4.65. The van der Waals surface area contributed by atoms with Crippen molar-refractivity contribution >= 4 is 34.9 Å². The van der Waals surface area contributed by atoms with E-state index in [-0.39, 0.29) is 11.8 Å². The van der Waals surface area contributed by atoms with E-state index in [2.05, 4.69) is 15.2 Å². The summed E-state index contributed by atoms with van der Waals surface area (Å²) in [6.07, 6.45) is 2.51. The van der Waals surface area contributed by atoms with Crippen LogP contribution in [0.4, 0.5) is 11.5 Å². The summed E-state index contributed by atoms with van der Waals surface area (Å²) < 4.78 is 0. The summed E-state index contributed by atoms with van der Waals surface area (Å²) in [7, 11) is 0. The number of anilines is 2. The third-order valence-electron chi connectivity index (χ3n) is 5.61. The molecule has 1 aliphatic heterocycles. The van der Waals surface area contributed by atoms with Crippen LogP contribution in [0.2, 0.25) is 5.02 Å². The van der Waals surface area contributed by atoms with E-state index >= 15 is 0 Å². The van der Waals surface area contributed by atoms with Gasteiger partial charge < -0.3 is 15.1 Å². The van der Waals surface area contributed by atoms with Crippen LogP contribution in [0.1, 0.15) is 32.7 Å². The lowest BCUT2D eigenvalue weighted by molar-refractivity contribution is 0.0767. The van der Waals surface area contributed by atoms with Crippen molar-refractivity contribution in [1.29, 1.82) is 0 Å². The van der Waals surface area contributed by atoms with Gasteiger partial charge in [-0.15, -0.1) is 0 Å². The Kier molecular flexibility index (Phi) is 6.71. The fourth-order valence-electron chi connectivity index (χ4n) is 3.83. The van der Waals surface area contributed by atoms with E-state index in [1.54, 1.807) is 24.4 Å². The molecule has 1 aromatic heterocycles. The van der Waals surface area contributed by atoms with Crippen LogP contribution in [0.5, 0.6) is 0 Å². The van der Waals surface area contributed by atoms with Crippen LogP contribution in [0, 0.1) is 6.92 Å². The first kappa shape index (κ1) is 21.8. The number of halogens is 1. The molecule has 2 heterocycles. The molecule has 0 aliphatic carbocycles. The van der Waals surface area contributed by atoms with Gasteiger partial charge >= 0.3 is 0 Å². The minimum Gasteiger partial charge on any atom is -0.355 e. The number of aryl methyl sites for hydroxylation is 1. The monoisotopic (exact) mass is 448 g/mol. The molecule has 0 atom stereocenters. The van der Waals surface area contributed by atoms with E-state index in [0.29, 0.717) is 41.5 Å². The highest BCUT2D eigenvalue weighted by atomic mass is 35.5. The van der Waals surface area contributed by atoms with Crippen molar-refractivity contribution in [3.8, 4) is 0 Å². The minimum absolute atomic E-state index is 0.0420. The molecule has 3 aromatic rings. The first-order chi connectivity index (χ1) is 15.5. The highest BCUT2D eigenvalue weighted by molar-refractivity contribution is 6.33. The third-order valence-corrected chi connectivity index (χ3v) is 5.94. The number of carbonyl (C=O) groups is 2. The molecule has 6 nitrogen and oxygen atoms in total. The van der Waals surface area contributed by atoms with Crippen molar-refractivity contribution in [2.24, 2.45) is 0 Å². The predicted molar refractivity (Wildman–Crippen MR) is 128 cm³/mol. The number of amides is 2. The first-order valence-corrected chi connectivity index (χ1v) is 11.0. The van der Waals surface area contributed by atoms with Gasteiger partial charge in [0.05, 0.1) is 22.5 Å². The number of nitrogens with zero attached hydrogens (tertiary/aromatic N) is 3. The third kappa shape index (κ3) is 4.92. The Bertz CT molecular complexity index is 1120. The zero-order valence-corrected chi connectivity index (χ0v) is 18.7. The number of aromatic nitrogens is 1. The zero-order chi connectivity index (χ0) is 22.5. The summed E-state index contributed by atoms with van der Waals surface area (Å²) in [6, 6.07) is 18.4. The van der Waals surface area contributed by atoms with Gasteiger partial charge in [0.1, 0.15) is 5.82 Å². The van der Waals surface area contributed by atoms with Gasteiger partial charge in [-0.1, -0.05) is 41.9 Å². The minimum atomic E-state index is -0.152. The van der Waals surface area contributed by atoms with Crippen molar-refractivity contribution in [3.05, 3.63) is 88.6 Å². The van der Waals surface area contributed by atoms with E-state index < -0.39 is 0 Å². The van der Waals surface area contributed by atoms with Gasteiger partial charge in [-0.25, -0.2) is 4.98 Å². The summed E-state index contributed by atoms with van der Waals surface area (Å²) in [5.74, 6) is 0.631. The molecular weight excluding hydrogens is 424 g/mol. The van der Waals surface area contributed by atoms with Gasteiger partial charge in [-0.05, 0) is 49.2 Å². The van der Waals surface area contributed by atoms with E-state index in [1.165, 1.54) is 0 Å². The Morgan fingerprint density at radius 1 is 0.906 bits per heavy atom. The second kappa shape index (κ2) is 9.83. The molecular formula is C25H25ClN4O2. The average Bonchev–Trinajstić information content (AvgIpc) is 3.06. The SMILES string of the molecule is Cc1ccccc1C(=O)Nc1ccc(N2CCCN(C(=O)c3ccccc3Cl)CC2)nc1. The van der Waals surface area contributed by atoms with E-state index in [1.807, 2.05) is 54.3 Å². The van der Waals surface area contributed by atoms with Gasteiger partial charge in [0, 0.05) is 31.7 Å². The van der Waals surface area contributed by atoms with Crippen LogP contribution in [-0.4, -0.2) is 47.9 Å². The lowest BCUT2D eigenvalue weighted by Gasteiger charge is -2.23. The number of benzene rings is 2. The zero-order valence-electron chi connectivity index (χ0n) is 17.9. The summed E-state index contributed by atoms with van der Waals surface area (Å²) >= 11 is 6.20. The lowest BCUT2D eigenvalue weighted by atomic mass is 10.1. The molecule has 1 aliphatic rings. The smallest absolute Gasteiger partial charge is 0.255 e. The molecule has 164 valence electrons. The number of nitrogens with one attached hydrogen (secondary N) is 1. The van der Waals surface area contributed by atoms with Gasteiger partial charge in [-0.3, -0.25) is 9.59 Å². The quantitative estimate of drug-likeness (QED) is 0.631. The Morgan fingerprint density at radius 2 is 1.66 bits per heavy atom. The van der Waals surface area contributed by atoms with E-state index in [0.717, 1.165) is 24.3 Å². The normalized spacial score (nSPS) is 14.1. The second-order valence-electron chi connectivity index (χ2n) is 7.79. The molecule has 1 saturated heterocycles. The molecule has 0 saturated carbocycles. The maximum Gasteiger partial charge on any atom is 0.255 e. The fourth-order valence-corrected chi connectivity index (χ4v) is 4.04. The van der Waals surface area contributed by atoms with Crippen molar-refractivity contribution in [1.82, 2.24) is 9.88 Å². The van der Waals surface area contributed by atoms with Gasteiger partial charge in [0.15, 0.2) is 0 Å². The van der Waals surface area contributed by atoms with Crippen LogP contribution < -0.4 is 10.2 Å². The topological polar surface area (TPSA) is 65.5 Å². The second-order valence-corrected chi connectivity index (χ2v) is 8.19. The molecule has 7 heteroatoms. The largest absolute Gasteiger partial charge is 0.355 e. The molecule has 0 unspecified atom stereocenters. The lowest BCUT2D eigenvalue weighted by Crippen LogP contribution is -2.35. The van der Waals surface area contributed by atoms with Crippen molar-refractivity contribution < 1.29 is 9.59 Å². The number of rotatable bonds is 4. The van der Waals surface area contributed by atoms with E-state index in [4.69, 9.17) is 11.6 Å². The van der Waals surface area contributed by atoms with Gasteiger partial charge in [0.25, 0.3) is 11.8 Å². The number of hydrogen-bond donors (Lipinski definition) is 1. The molecule has 32 heavy (non-hydrogen) atoms. The fraction of sp³-hybridized carbons (Fsp3) is 0.240. The molecule has 0 spiro atoms. The number of pyridine rings is 1. The van der Waals surface area contributed by atoms with Gasteiger partial charge in [-0.2, -0.15) is 0 Å².